The van der Waals surface area contributed by atoms with Crippen molar-refractivity contribution >= 4 is 40.1 Å². The zero-order valence-corrected chi connectivity index (χ0v) is 16.9. The summed E-state index contributed by atoms with van der Waals surface area (Å²) in [6.45, 7) is 0. The lowest BCUT2D eigenvalue weighted by Gasteiger charge is -2.18. The Morgan fingerprint density at radius 2 is 1.96 bits per heavy atom. The molecule has 5 nitrogen and oxygen atoms in total. The van der Waals surface area contributed by atoms with Crippen molar-refractivity contribution in [2.75, 3.05) is 11.0 Å². The first kappa shape index (κ1) is 17.6. The summed E-state index contributed by atoms with van der Waals surface area (Å²) in [5, 5.41) is 10.6. The topological polar surface area (TPSA) is 55.9 Å². The maximum atomic E-state index is 6.12. The van der Waals surface area contributed by atoms with Gasteiger partial charge >= 0.3 is 0 Å². The molecule has 2 aromatic heterocycles. The number of halogens is 1. The first-order valence-corrected chi connectivity index (χ1v) is 10.8. The van der Waals surface area contributed by atoms with Gasteiger partial charge < -0.3 is 13.7 Å². The van der Waals surface area contributed by atoms with E-state index in [4.69, 9.17) is 16.0 Å². The number of rotatable bonds is 6. The molecule has 0 amide bonds. The lowest BCUT2D eigenvalue weighted by atomic mass is 10.1. The fourth-order valence-electron chi connectivity index (χ4n) is 3.53. The average molecular weight is 411 g/mol. The third-order valence-corrected chi connectivity index (χ3v) is 5.73. The van der Waals surface area contributed by atoms with Crippen molar-refractivity contribution in [2.24, 2.45) is 0 Å². The van der Waals surface area contributed by atoms with Crippen LogP contribution in [0.3, 0.4) is 0 Å². The molecule has 28 heavy (non-hydrogen) atoms. The highest BCUT2D eigenvalue weighted by Gasteiger charge is 2.32. The summed E-state index contributed by atoms with van der Waals surface area (Å²) in [6.07, 6.45) is 6.35. The molecule has 0 aliphatic heterocycles. The largest absolute Gasteiger partial charge is 0.422 e. The second kappa shape index (κ2) is 7.18. The van der Waals surface area contributed by atoms with Crippen molar-refractivity contribution < 1.29 is 4.42 Å². The minimum absolute atomic E-state index is 0.209. The maximum absolute atomic E-state index is 6.12. The molecule has 142 valence electrons. The van der Waals surface area contributed by atoms with Gasteiger partial charge in [0.2, 0.25) is 11.8 Å². The van der Waals surface area contributed by atoms with Crippen molar-refractivity contribution in [1.82, 2.24) is 14.8 Å². The maximum Gasteiger partial charge on any atom is 0.243 e. The minimum atomic E-state index is -0.209. The fraction of sp³-hybridized carbons (Fsp3) is 0.238. The van der Waals surface area contributed by atoms with Gasteiger partial charge in [0.05, 0.1) is 11.2 Å². The van der Waals surface area contributed by atoms with Gasteiger partial charge in [-0.1, -0.05) is 41.7 Å². The summed E-state index contributed by atoms with van der Waals surface area (Å²) in [4.78, 5) is 0. The minimum Gasteiger partial charge on any atom is -0.422 e. The van der Waals surface area contributed by atoms with Crippen LogP contribution >= 0.6 is 23.5 Å². The summed E-state index contributed by atoms with van der Waals surface area (Å²) in [6, 6.07) is 16.0. The number of aromatic nitrogens is 3. The summed E-state index contributed by atoms with van der Waals surface area (Å²) in [5.41, 5.74) is 3.24. The van der Waals surface area contributed by atoms with Crippen molar-refractivity contribution in [3.8, 4) is 0 Å². The number of anilines is 1. The third kappa shape index (κ3) is 3.16. The fourth-order valence-corrected chi connectivity index (χ4v) is 4.06. The normalized spacial score (nSPS) is 15.1. The van der Waals surface area contributed by atoms with Crippen LogP contribution in [-0.2, 0) is 0 Å². The highest BCUT2D eigenvalue weighted by molar-refractivity contribution is 7.99. The molecule has 1 N–H and O–H groups in total. The van der Waals surface area contributed by atoms with Gasteiger partial charge in [-0.25, -0.2) is 0 Å². The van der Waals surface area contributed by atoms with Gasteiger partial charge in [0.25, 0.3) is 0 Å². The van der Waals surface area contributed by atoms with Crippen LogP contribution in [0.4, 0.5) is 5.69 Å². The van der Waals surface area contributed by atoms with Gasteiger partial charge in [0.15, 0.2) is 0 Å². The molecule has 2 aromatic carbocycles. The zero-order chi connectivity index (χ0) is 19.1. The Labute approximate surface area is 172 Å². The molecule has 1 saturated carbocycles. The standard InChI is InChI=1S/C21H19ClN4OS/c1-28-25-17-3-2-4-18-16(17)11-12-26(18)19(13-7-9-15(22)10-8-13)21-24-23-20(27-21)14-5-6-14/h2-4,7-12,14,19,25H,5-6H2,1H3. The number of nitrogens with one attached hydrogen (secondary N) is 1. The Morgan fingerprint density at radius 1 is 1.14 bits per heavy atom. The second-order valence-corrected chi connectivity index (χ2v) is 8.02. The Kier molecular flexibility index (Phi) is 4.53. The van der Waals surface area contributed by atoms with Crippen molar-refractivity contribution in [1.29, 1.82) is 0 Å². The summed E-state index contributed by atoms with van der Waals surface area (Å²) < 4.78 is 11.6. The van der Waals surface area contributed by atoms with E-state index >= 15 is 0 Å². The van der Waals surface area contributed by atoms with Crippen LogP contribution < -0.4 is 4.72 Å². The molecule has 7 heteroatoms. The Morgan fingerprint density at radius 3 is 2.71 bits per heavy atom. The molecule has 0 spiro atoms. The predicted molar refractivity (Wildman–Crippen MR) is 114 cm³/mol. The average Bonchev–Trinajstić information content (AvgIpc) is 3.29. The first-order chi connectivity index (χ1) is 13.7. The molecule has 1 unspecified atom stereocenters. The highest BCUT2D eigenvalue weighted by Crippen LogP contribution is 2.41. The highest BCUT2D eigenvalue weighted by atomic mass is 35.5. The first-order valence-electron chi connectivity index (χ1n) is 9.22. The van der Waals surface area contributed by atoms with E-state index in [9.17, 15) is 0 Å². The summed E-state index contributed by atoms with van der Waals surface area (Å²) in [7, 11) is 0. The van der Waals surface area contributed by atoms with E-state index in [0.29, 0.717) is 16.8 Å². The molecule has 0 radical (unpaired) electrons. The molecule has 1 atom stereocenters. The SMILES string of the molecule is CSNc1cccc2c1ccn2C(c1ccc(Cl)cc1)c1nnc(C2CC2)o1. The van der Waals surface area contributed by atoms with Crippen LogP contribution in [0.5, 0.6) is 0 Å². The van der Waals surface area contributed by atoms with E-state index in [2.05, 4.69) is 49.9 Å². The van der Waals surface area contributed by atoms with Crippen molar-refractivity contribution in [3.63, 3.8) is 0 Å². The number of benzene rings is 2. The molecule has 4 aromatic rings. The number of fused-ring (bicyclic) bond motifs is 1. The van der Waals surface area contributed by atoms with Gasteiger partial charge in [0.1, 0.15) is 6.04 Å². The van der Waals surface area contributed by atoms with Crippen molar-refractivity contribution in [2.45, 2.75) is 24.8 Å². The number of hydrogen-bond donors (Lipinski definition) is 1. The smallest absolute Gasteiger partial charge is 0.243 e. The van der Waals surface area contributed by atoms with Crippen molar-refractivity contribution in [3.05, 3.63) is 77.1 Å². The van der Waals surface area contributed by atoms with E-state index in [-0.39, 0.29) is 6.04 Å². The monoisotopic (exact) mass is 410 g/mol. The molecule has 0 saturated heterocycles. The summed E-state index contributed by atoms with van der Waals surface area (Å²) in [5.74, 6) is 1.77. The van der Waals surface area contributed by atoms with Crippen LogP contribution in [0.1, 0.15) is 42.1 Å². The molecule has 1 fully saturated rings. The van der Waals surface area contributed by atoms with Crippen LogP contribution in [0.25, 0.3) is 10.9 Å². The Hall–Kier alpha value is -2.44. The van der Waals surface area contributed by atoms with E-state index in [1.807, 2.05) is 30.5 Å². The molecule has 2 heterocycles. The molecular weight excluding hydrogens is 392 g/mol. The number of nitrogens with zero attached hydrogens (tertiary/aromatic N) is 3. The van der Waals surface area contributed by atoms with Crippen LogP contribution in [-0.4, -0.2) is 21.0 Å². The van der Waals surface area contributed by atoms with Crippen LogP contribution in [0.15, 0.2) is 59.1 Å². The Balaban J connectivity index is 1.66. The Bertz CT molecular complexity index is 1120. The van der Waals surface area contributed by atoms with Gasteiger partial charge in [-0.15, -0.1) is 10.2 Å². The van der Waals surface area contributed by atoms with E-state index in [0.717, 1.165) is 40.9 Å². The van der Waals surface area contributed by atoms with Gasteiger partial charge in [-0.05, 0) is 48.7 Å². The predicted octanol–water partition coefficient (Wildman–Crippen LogP) is 5.88. The quantitative estimate of drug-likeness (QED) is 0.402. The van der Waals surface area contributed by atoms with Crippen LogP contribution in [0.2, 0.25) is 5.02 Å². The van der Waals surface area contributed by atoms with E-state index in [1.54, 1.807) is 11.9 Å². The third-order valence-electron chi connectivity index (χ3n) is 5.06. The second-order valence-electron chi connectivity index (χ2n) is 6.97. The molecule has 1 aliphatic rings. The van der Waals surface area contributed by atoms with Gasteiger partial charge in [0, 0.05) is 28.8 Å². The lowest BCUT2D eigenvalue weighted by Crippen LogP contribution is -2.12. The van der Waals surface area contributed by atoms with Crippen LogP contribution in [0, 0.1) is 0 Å². The van der Waals surface area contributed by atoms with Gasteiger partial charge in [-0.2, -0.15) is 0 Å². The molecule has 1 aliphatic carbocycles. The zero-order valence-electron chi connectivity index (χ0n) is 15.3. The number of hydrogen-bond acceptors (Lipinski definition) is 5. The molecular formula is C21H19ClN4OS. The van der Waals surface area contributed by atoms with E-state index < -0.39 is 0 Å². The summed E-state index contributed by atoms with van der Waals surface area (Å²) >= 11 is 7.70. The van der Waals surface area contributed by atoms with Gasteiger partial charge in [-0.3, -0.25) is 0 Å². The lowest BCUT2D eigenvalue weighted by molar-refractivity contribution is 0.418. The van der Waals surface area contributed by atoms with E-state index in [1.165, 1.54) is 0 Å². The molecule has 5 rings (SSSR count). The molecule has 0 bridgehead atoms.